The summed E-state index contributed by atoms with van der Waals surface area (Å²) >= 11 is 0. The first-order valence-electron chi connectivity index (χ1n) is 16.8. The number of ether oxygens (including phenoxy) is 3. The Kier molecular flexibility index (Phi) is 7.88. The van der Waals surface area contributed by atoms with Crippen LogP contribution in [0.2, 0.25) is 0 Å². The lowest BCUT2D eigenvalue weighted by atomic mass is 9.48. The van der Waals surface area contributed by atoms with Gasteiger partial charge in [-0.1, -0.05) is 32.0 Å². The third kappa shape index (κ3) is 5.22. The molecule has 7 rings (SSSR count). The van der Waals surface area contributed by atoms with E-state index in [1.54, 1.807) is 13.2 Å². The number of esters is 1. The first-order chi connectivity index (χ1) is 22.4. The highest BCUT2D eigenvalue weighted by Crippen LogP contribution is 2.67. The minimum atomic E-state index is -4.43. The van der Waals surface area contributed by atoms with E-state index >= 15 is 0 Å². The summed E-state index contributed by atoms with van der Waals surface area (Å²) in [5.74, 6) is 1.59. The Bertz CT molecular complexity index is 1590. The quantitative estimate of drug-likeness (QED) is 0.230. The number of rotatable bonds is 9. The highest BCUT2D eigenvalue weighted by atomic mass is 19.4. The fourth-order valence-electron chi connectivity index (χ4n) is 9.19. The molecule has 1 amide bonds. The van der Waals surface area contributed by atoms with Crippen molar-refractivity contribution < 1.29 is 37.0 Å². The molecule has 2 heterocycles. The number of benzene rings is 2. The molecule has 0 N–H and O–H groups in total. The predicted molar refractivity (Wildman–Crippen MR) is 170 cm³/mol. The molecule has 2 aliphatic heterocycles. The smallest absolute Gasteiger partial charge is 0.416 e. The van der Waals surface area contributed by atoms with Gasteiger partial charge in [-0.25, -0.2) is 0 Å². The molecule has 1 spiro atoms. The van der Waals surface area contributed by atoms with Crippen molar-refractivity contribution in [3.05, 3.63) is 64.7 Å². The number of methoxy groups -OCH3 is 1. The van der Waals surface area contributed by atoms with Gasteiger partial charge in [0, 0.05) is 31.7 Å². The summed E-state index contributed by atoms with van der Waals surface area (Å²) in [5, 5.41) is 0. The SMILES string of the molecule is COc1ccc2c3c1O[C@H]1[C@H](N(CC(C)C)C(=O)C=Cc4ccc(C(F)(F)F)cc4)CC[C@@]4(OC(C)=O)[C@@H](C2)N(CC2CC2)CC[C@]314. The predicted octanol–water partition coefficient (Wildman–Crippen LogP) is 6.42. The molecule has 10 heteroatoms. The van der Waals surface area contributed by atoms with E-state index in [0.717, 1.165) is 43.6 Å². The minimum absolute atomic E-state index is 0.00605. The number of alkyl halides is 3. The van der Waals surface area contributed by atoms with Crippen LogP contribution in [-0.4, -0.2) is 72.2 Å². The van der Waals surface area contributed by atoms with Crippen molar-refractivity contribution in [2.24, 2.45) is 11.8 Å². The molecule has 2 aromatic carbocycles. The van der Waals surface area contributed by atoms with Crippen molar-refractivity contribution in [3.63, 3.8) is 0 Å². The zero-order valence-electron chi connectivity index (χ0n) is 27.4. The summed E-state index contributed by atoms with van der Waals surface area (Å²) < 4.78 is 58.8. The second-order valence-corrected chi connectivity index (χ2v) is 14.5. The summed E-state index contributed by atoms with van der Waals surface area (Å²) in [7, 11) is 1.63. The monoisotopic (exact) mass is 652 g/mol. The largest absolute Gasteiger partial charge is 0.493 e. The van der Waals surface area contributed by atoms with Crippen LogP contribution < -0.4 is 9.47 Å². The van der Waals surface area contributed by atoms with Crippen LogP contribution in [0.3, 0.4) is 0 Å². The highest BCUT2D eigenvalue weighted by molar-refractivity contribution is 5.92. The van der Waals surface area contributed by atoms with Gasteiger partial charge in [-0.15, -0.1) is 0 Å². The van der Waals surface area contributed by atoms with Gasteiger partial charge >= 0.3 is 12.1 Å². The van der Waals surface area contributed by atoms with E-state index in [-0.39, 0.29) is 29.9 Å². The van der Waals surface area contributed by atoms with E-state index in [9.17, 15) is 22.8 Å². The second kappa shape index (κ2) is 11.6. The van der Waals surface area contributed by atoms with Gasteiger partial charge in [-0.05, 0) is 92.3 Å². The number of piperidine rings is 1. The zero-order chi connectivity index (χ0) is 33.3. The number of carbonyl (C=O) groups is 2. The molecule has 0 radical (unpaired) electrons. The zero-order valence-corrected chi connectivity index (χ0v) is 27.4. The molecule has 2 aromatic rings. The van der Waals surface area contributed by atoms with E-state index in [1.165, 1.54) is 43.5 Å². The summed E-state index contributed by atoms with van der Waals surface area (Å²) in [5.41, 5.74) is 0.524. The number of halogens is 3. The lowest BCUT2D eigenvalue weighted by molar-refractivity contribution is -0.224. The molecule has 0 aromatic heterocycles. The van der Waals surface area contributed by atoms with E-state index in [1.807, 2.05) is 11.0 Å². The van der Waals surface area contributed by atoms with Crippen LogP contribution in [0.25, 0.3) is 6.08 Å². The molecule has 47 heavy (non-hydrogen) atoms. The molecule has 0 unspecified atom stereocenters. The fourth-order valence-corrected chi connectivity index (χ4v) is 9.19. The Morgan fingerprint density at radius 2 is 1.85 bits per heavy atom. The molecule has 2 bridgehead atoms. The molecule has 5 aliphatic rings. The minimum Gasteiger partial charge on any atom is -0.493 e. The Hall–Kier alpha value is -3.53. The van der Waals surface area contributed by atoms with Gasteiger partial charge in [-0.2, -0.15) is 13.2 Å². The first kappa shape index (κ1) is 32.0. The first-order valence-corrected chi connectivity index (χ1v) is 16.8. The van der Waals surface area contributed by atoms with Crippen molar-refractivity contribution in [2.75, 3.05) is 26.7 Å². The molecule has 3 aliphatic carbocycles. The Balaban J connectivity index is 1.29. The van der Waals surface area contributed by atoms with Crippen LogP contribution in [0, 0.1) is 11.8 Å². The average molecular weight is 653 g/mol. The maximum absolute atomic E-state index is 14.1. The second-order valence-electron chi connectivity index (χ2n) is 14.5. The third-order valence-corrected chi connectivity index (χ3v) is 11.1. The lowest BCUT2D eigenvalue weighted by Crippen LogP contribution is -2.79. The summed E-state index contributed by atoms with van der Waals surface area (Å²) in [4.78, 5) is 31.6. The molecular weight excluding hydrogens is 609 g/mol. The van der Waals surface area contributed by atoms with Crippen molar-refractivity contribution in [3.8, 4) is 11.5 Å². The average Bonchev–Trinajstić information content (AvgIpc) is 3.77. The van der Waals surface area contributed by atoms with Crippen LogP contribution in [0.1, 0.15) is 75.1 Å². The van der Waals surface area contributed by atoms with Crippen LogP contribution in [0.4, 0.5) is 13.2 Å². The fraction of sp³-hybridized carbons (Fsp3) is 0.568. The van der Waals surface area contributed by atoms with Gasteiger partial charge < -0.3 is 19.1 Å². The van der Waals surface area contributed by atoms with Crippen LogP contribution in [0.15, 0.2) is 42.5 Å². The summed E-state index contributed by atoms with van der Waals surface area (Å²) in [6, 6.07) is 8.54. The Labute approximate surface area is 274 Å². The molecule has 252 valence electrons. The van der Waals surface area contributed by atoms with Gasteiger partial charge in [0.2, 0.25) is 5.91 Å². The van der Waals surface area contributed by atoms with Gasteiger partial charge in [0.1, 0.15) is 11.7 Å². The van der Waals surface area contributed by atoms with Crippen LogP contribution >= 0.6 is 0 Å². The van der Waals surface area contributed by atoms with Crippen molar-refractivity contribution in [1.29, 1.82) is 0 Å². The number of nitrogens with zero attached hydrogens (tertiary/aromatic N) is 2. The normalized spacial score (nSPS) is 29.4. The van der Waals surface area contributed by atoms with Gasteiger partial charge in [0.15, 0.2) is 11.5 Å². The highest BCUT2D eigenvalue weighted by Gasteiger charge is 2.76. The maximum Gasteiger partial charge on any atom is 0.416 e. The molecular formula is C37H43F3N2O5. The van der Waals surface area contributed by atoms with E-state index in [4.69, 9.17) is 14.2 Å². The number of hydrogen-bond acceptors (Lipinski definition) is 6. The van der Waals surface area contributed by atoms with Gasteiger partial charge in [-0.3, -0.25) is 14.5 Å². The third-order valence-electron chi connectivity index (χ3n) is 11.1. The van der Waals surface area contributed by atoms with Crippen molar-refractivity contribution in [1.82, 2.24) is 9.80 Å². The molecule has 1 saturated heterocycles. The molecule has 2 saturated carbocycles. The number of hydrogen-bond donors (Lipinski definition) is 0. The Morgan fingerprint density at radius 1 is 1.11 bits per heavy atom. The number of carbonyl (C=O) groups excluding carboxylic acids is 2. The van der Waals surface area contributed by atoms with Crippen molar-refractivity contribution in [2.45, 2.75) is 94.7 Å². The van der Waals surface area contributed by atoms with E-state index in [2.05, 4.69) is 24.8 Å². The summed E-state index contributed by atoms with van der Waals surface area (Å²) in [6.45, 7) is 7.91. The van der Waals surface area contributed by atoms with Crippen LogP contribution in [-0.2, 0) is 32.3 Å². The molecule has 7 nitrogen and oxygen atoms in total. The summed E-state index contributed by atoms with van der Waals surface area (Å²) in [6.07, 6.45) is 3.21. The van der Waals surface area contributed by atoms with Gasteiger partial charge in [0.05, 0.1) is 30.2 Å². The standard InChI is InChI=1S/C37H43F3N2O5/c1-22(2)20-42(31(44)14-9-24-7-11-27(12-8-24)37(38,39)40)28-15-16-36(47-23(3)43)30-19-26-10-13-29(45-4)33-32(26)35(36,34(28)46-33)17-18-41(30)21-25-5-6-25/h7-14,22,25,28,30,34H,5-6,15-21H2,1-4H3/t28-,30-,34+,35+,36-/m1/s1. The maximum atomic E-state index is 14.1. The lowest BCUT2D eigenvalue weighted by Gasteiger charge is -2.65. The molecule has 3 fully saturated rings. The topological polar surface area (TPSA) is 68.3 Å². The Morgan fingerprint density at radius 3 is 2.49 bits per heavy atom. The van der Waals surface area contributed by atoms with E-state index < -0.39 is 28.9 Å². The van der Waals surface area contributed by atoms with Gasteiger partial charge in [0.25, 0.3) is 0 Å². The molecule has 5 atom stereocenters. The number of likely N-dealkylation sites (tertiary alicyclic amines) is 1. The van der Waals surface area contributed by atoms with E-state index in [0.29, 0.717) is 42.4 Å². The van der Waals surface area contributed by atoms with Crippen LogP contribution in [0.5, 0.6) is 11.5 Å². The van der Waals surface area contributed by atoms with Crippen molar-refractivity contribution >= 4 is 18.0 Å². The number of amides is 1.